The van der Waals surface area contributed by atoms with E-state index in [0.717, 1.165) is 23.0 Å². The smallest absolute Gasteiger partial charge is 0.220 e. The highest BCUT2D eigenvalue weighted by atomic mass is 127. The average Bonchev–Trinajstić information content (AvgIpc) is 2.81. The fraction of sp³-hybridized carbons (Fsp3) is 0.200. The van der Waals surface area contributed by atoms with E-state index in [1.165, 1.54) is 17.5 Å². The maximum Gasteiger partial charge on any atom is 0.220 e. The molecular formula is C15H14IN3OS. The second kappa shape index (κ2) is 6.54. The topological polar surface area (TPSA) is 57.8 Å². The molecule has 0 radical (unpaired) electrons. The summed E-state index contributed by atoms with van der Waals surface area (Å²) < 4.78 is 5.04. The Morgan fingerprint density at radius 3 is 2.81 bits per heavy atom. The number of Topliss-reactive ketones (excluding diaryl/α,β-unsaturated/α-hetero) is 1. The first-order valence-corrected chi connectivity index (χ1v) is 8.49. The van der Waals surface area contributed by atoms with Gasteiger partial charge in [-0.3, -0.25) is 7.58 Å². The van der Waals surface area contributed by atoms with Crippen molar-refractivity contribution < 1.29 is 4.79 Å². The Kier molecular flexibility index (Phi) is 4.96. The lowest BCUT2D eigenvalue weighted by Crippen LogP contribution is -2.03. The van der Waals surface area contributed by atoms with Crippen LogP contribution in [0.1, 0.15) is 23.0 Å². The fourth-order valence-electron chi connectivity index (χ4n) is 2.13. The van der Waals surface area contributed by atoms with Gasteiger partial charge in [0.05, 0.1) is 34.0 Å². The summed E-state index contributed by atoms with van der Waals surface area (Å²) >= 11 is 3.61. The van der Waals surface area contributed by atoms with Crippen LogP contribution in [0.5, 0.6) is 0 Å². The van der Waals surface area contributed by atoms with Crippen LogP contribution in [0.2, 0.25) is 0 Å². The molecule has 0 aliphatic carbocycles. The zero-order chi connectivity index (χ0) is 15.6. The summed E-state index contributed by atoms with van der Waals surface area (Å²) in [6.07, 6.45) is 2.87. The van der Waals surface area contributed by atoms with Gasteiger partial charge in [-0.05, 0) is 30.2 Å². The molecule has 108 valence electrons. The zero-order valence-electron chi connectivity index (χ0n) is 11.7. The Labute approximate surface area is 141 Å². The minimum absolute atomic E-state index is 0.0473. The minimum atomic E-state index is -0.333. The molecule has 0 amide bonds. The minimum Gasteiger partial charge on any atom is -0.330 e. The third kappa shape index (κ3) is 2.94. The van der Waals surface area contributed by atoms with Gasteiger partial charge in [-0.1, -0.05) is 25.5 Å². The Balaban J connectivity index is 2.63. The van der Waals surface area contributed by atoms with Gasteiger partial charge in [-0.2, -0.15) is 5.26 Å². The highest BCUT2D eigenvalue weighted by Gasteiger charge is 2.18. The van der Waals surface area contributed by atoms with Crippen LogP contribution in [0.4, 0.5) is 5.69 Å². The van der Waals surface area contributed by atoms with Crippen LogP contribution in [-0.2, 0) is 6.42 Å². The normalized spacial score (nSPS) is 10.4. The van der Waals surface area contributed by atoms with Gasteiger partial charge in [0.25, 0.3) is 0 Å². The molecule has 1 aromatic heterocycles. The molecule has 0 saturated heterocycles. The van der Waals surface area contributed by atoms with E-state index in [-0.39, 0.29) is 11.4 Å². The Bertz CT molecular complexity index is 773. The van der Waals surface area contributed by atoms with Gasteiger partial charge >= 0.3 is 0 Å². The molecule has 2 aromatic rings. The molecule has 0 unspecified atom stereocenters. The molecule has 2 rings (SSSR count). The van der Waals surface area contributed by atoms with E-state index in [9.17, 15) is 4.79 Å². The first kappa shape index (κ1) is 15.9. The van der Waals surface area contributed by atoms with Gasteiger partial charge in [0.2, 0.25) is 5.78 Å². The largest absolute Gasteiger partial charge is 0.330 e. The van der Waals surface area contributed by atoms with Gasteiger partial charge in [0.1, 0.15) is 11.8 Å². The number of hydrogen-bond donors (Lipinski definition) is 1. The molecule has 1 N–H and O–H groups in total. The SMILES string of the molecule is C=C(C#N)C(=O)c1cc2cc(CC)c(NSC)cc2n1I. The number of ketones is 1. The summed E-state index contributed by atoms with van der Waals surface area (Å²) in [7, 11) is 0. The van der Waals surface area contributed by atoms with Gasteiger partial charge in [0, 0.05) is 17.3 Å². The third-order valence-corrected chi connectivity index (χ3v) is 4.67. The van der Waals surface area contributed by atoms with Crippen molar-refractivity contribution in [1.29, 1.82) is 5.26 Å². The summed E-state index contributed by atoms with van der Waals surface area (Å²) in [5.41, 5.74) is 3.61. The van der Waals surface area contributed by atoms with E-state index < -0.39 is 0 Å². The van der Waals surface area contributed by atoms with Gasteiger partial charge in [-0.25, -0.2) is 0 Å². The Hall–Kier alpha value is -1.46. The second-order valence-electron chi connectivity index (χ2n) is 4.46. The Morgan fingerprint density at radius 2 is 2.24 bits per heavy atom. The van der Waals surface area contributed by atoms with Crippen molar-refractivity contribution in [2.45, 2.75) is 13.3 Å². The molecule has 1 heterocycles. The highest BCUT2D eigenvalue weighted by Crippen LogP contribution is 2.30. The molecule has 6 heteroatoms. The number of halogens is 1. The van der Waals surface area contributed by atoms with E-state index in [2.05, 4.69) is 47.2 Å². The number of nitrogens with zero attached hydrogens (tertiary/aromatic N) is 2. The summed E-state index contributed by atoms with van der Waals surface area (Å²) in [6.45, 7) is 5.59. The molecular weight excluding hydrogens is 397 g/mol. The fourth-order valence-corrected chi connectivity index (χ4v) is 3.32. The van der Waals surface area contributed by atoms with Gasteiger partial charge < -0.3 is 4.72 Å². The van der Waals surface area contributed by atoms with Crippen molar-refractivity contribution >= 4 is 57.2 Å². The summed E-state index contributed by atoms with van der Waals surface area (Å²) in [5, 5.41) is 9.82. The molecule has 0 atom stereocenters. The molecule has 0 aliphatic rings. The van der Waals surface area contributed by atoms with E-state index in [4.69, 9.17) is 5.26 Å². The number of anilines is 1. The number of carbonyl (C=O) groups excluding carboxylic acids is 1. The maximum absolute atomic E-state index is 12.2. The van der Waals surface area contributed by atoms with Crippen molar-refractivity contribution in [2.75, 3.05) is 11.0 Å². The monoisotopic (exact) mass is 411 g/mol. The molecule has 0 fully saturated rings. The summed E-state index contributed by atoms with van der Waals surface area (Å²) in [5.74, 6) is -0.333. The maximum atomic E-state index is 12.2. The lowest BCUT2D eigenvalue weighted by molar-refractivity contribution is 0.103. The second-order valence-corrected chi connectivity index (χ2v) is 6.04. The van der Waals surface area contributed by atoms with Crippen molar-refractivity contribution in [3.63, 3.8) is 0 Å². The molecule has 0 bridgehead atoms. The molecule has 0 saturated carbocycles. The van der Waals surface area contributed by atoms with Crippen LogP contribution in [0.25, 0.3) is 10.9 Å². The predicted molar refractivity (Wildman–Crippen MR) is 97.0 cm³/mol. The number of carbonyl (C=O) groups is 1. The molecule has 0 aliphatic heterocycles. The number of nitrogens with one attached hydrogen (secondary N) is 1. The van der Waals surface area contributed by atoms with Crippen LogP contribution in [0, 0.1) is 11.3 Å². The van der Waals surface area contributed by atoms with E-state index in [1.54, 1.807) is 2.78 Å². The number of aromatic nitrogens is 1. The number of aryl methyl sites for hydroxylation is 1. The molecule has 1 aromatic carbocycles. The number of rotatable bonds is 5. The predicted octanol–water partition coefficient (Wildman–Crippen LogP) is 4.35. The number of allylic oxidation sites excluding steroid dienone is 1. The van der Waals surface area contributed by atoms with Crippen molar-refractivity contribution in [3.05, 3.63) is 41.6 Å². The molecule has 0 spiro atoms. The third-order valence-electron chi connectivity index (χ3n) is 3.20. The van der Waals surface area contributed by atoms with Crippen molar-refractivity contribution in [1.82, 2.24) is 2.78 Å². The molecule has 21 heavy (non-hydrogen) atoms. The van der Waals surface area contributed by atoms with Gasteiger partial charge in [-0.15, -0.1) is 0 Å². The number of benzene rings is 1. The van der Waals surface area contributed by atoms with Crippen molar-refractivity contribution in [2.24, 2.45) is 0 Å². The number of nitriles is 1. The van der Waals surface area contributed by atoms with Crippen LogP contribution in [0.3, 0.4) is 0 Å². The van der Waals surface area contributed by atoms with Crippen LogP contribution in [-0.4, -0.2) is 14.8 Å². The summed E-state index contributed by atoms with van der Waals surface area (Å²) in [4.78, 5) is 12.2. The van der Waals surface area contributed by atoms with Gasteiger partial charge in [0.15, 0.2) is 0 Å². The van der Waals surface area contributed by atoms with Crippen LogP contribution < -0.4 is 4.72 Å². The quantitative estimate of drug-likeness (QED) is 0.261. The first-order valence-electron chi connectivity index (χ1n) is 6.30. The lowest BCUT2D eigenvalue weighted by atomic mass is 10.1. The highest BCUT2D eigenvalue weighted by molar-refractivity contribution is 14.1. The average molecular weight is 411 g/mol. The number of fused-ring (bicyclic) bond motifs is 1. The lowest BCUT2D eigenvalue weighted by Gasteiger charge is -2.09. The van der Waals surface area contributed by atoms with Crippen LogP contribution >= 0.6 is 34.8 Å². The zero-order valence-corrected chi connectivity index (χ0v) is 14.7. The summed E-state index contributed by atoms with van der Waals surface area (Å²) in [6, 6.07) is 7.74. The standard InChI is InChI=1S/C15H14IN3OS/c1-4-10-5-11-6-14(15(20)9(2)8-17)19(16)13(11)7-12(10)18-21-3/h5-7,18H,2,4H2,1,3H3. The number of hydrogen-bond acceptors (Lipinski definition) is 4. The molecule has 4 nitrogen and oxygen atoms in total. The van der Waals surface area contributed by atoms with Crippen LogP contribution in [0.15, 0.2) is 30.4 Å². The first-order chi connectivity index (χ1) is 10.0. The van der Waals surface area contributed by atoms with E-state index in [1.807, 2.05) is 24.5 Å². The van der Waals surface area contributed by atoms with E-state index >= 15 is 0 Å². The van der Waals surface area contributed by atoms with E-state index in [0.29, 0.717) is 5.69 Å². The Morgan fingerprint density at radius 1 is 1.52 bits per heavy atom. The van der Waals surface area contributed by atoms with Crippen molar-refractivity contribution in [3.8, 4) is 6.07 Å².